The first kappa shape index (κ1) is 16.6. The summed E-state index contributed by atoms with van der Waals surface area (Å²) in [7, 11) is 0. The predicted molar refractivity (Wildman–Crippen MR) is 82.4 cm³/mol. The van der Waals surface area contributed by atoms with E-state index in [0.29, 0.717) is 6.42 Å². The molecule has 0 aliphatic rings. The Hall–Kier alpha value is -1.48. The van der Waals surface area contributed by atoms with Crippen molar-refractivity contribution in [1.29, 1.82) is 0 Å². The Labute approximate surface area is 121 Å². The molecule has 1 aromatic carbocycles. The Bertz CT molecular complexity index is 472. The maximum Gasteiger partial charge on any atom is 0.122 e. The number of benzene rings is 1. The van der Waals surface area contributed by atoms with Crippen molar-refractivity contribution >= 4 is 0 Å². The van der Waals surface area contributed by atoms with Gasteiger partial charge in [0, 0.05) is 12.2 Å². The fraction of sp³-hybridized carbons (Fsp3) is 0.529. The van der Waals surface area contributed by atoms with Gasteiger partial charge in [-0.2, -0.15) is 0 Å². The summed E-state index contributed by atoms with van der Waals surface area (Å²) in [6.07, 6.45) is 5.46. The largest absolute Gasteiger partial charge is 0.507 e. The van der Waals surface area contributed by atoms with Crippen molar-refractivity contribution in [2.24, 2.45) is 0 Å². The first-order valence-corrected chi connectivity index (χ1v) is 7.17. The molecule has 3 heteroatoms. The molecule has 0 heterocycles. The van der Waals surface area contributed by atoms with Crippen LogP contribution in [0.5, 0.6) is 11.5 Å². The Morgan fingerprint density at radius 3 is 2.15 bits per heavy atom. The van der Waals surface area contributed by atoms with Gasteiger partial charge in [-0.15, -0.1) is 0 Å². The molecule has 0 fully saturated rings. The number of aromatic hydroxyl groups is 2. The zero-order valence-corrected chi connectivity index (χ0v) is 13.0. The number of aliphatic hydroxyl groups is 1. The van der Waals surface area contributed by atoms with Crippen LogP contribution in [0.2, 0.25) is 0 Å². The number of unbranched alkanes of at least 4 members (excludes halogenated alkanes) is 1. The lowest BCUT2D eigenvalue weighted by Gasteiger charge is -2.15. The second kappa shape index (κ2) is 7.34. The molecule has 1 aromatic rings. The van der Waals surface area contributed by atoms with Gasteiger partial charge >= 0.3 is 0 Å². The molecule has 112 valence electrons. The Balaban J connectivity index is 2.91. The van der Waals surface area contributed by atoms with Crippen molar-refractivity contribution in [2.45, 2.75) is 53.4 Å². The standard InChI is InChI=1S/C17H26O3/c1-11(7-5-6-10-18)8-9-15-14(4)16(19)12(2)13(3)17(15)20/h8,18-20H,5-7,9-10H2,1-4H3. The number of hydrogen-bond donors (Lipinski definition) is 3. The van der Waals surface area contributed by atoms with Gasteiger partial charge in [0.15, 0.2) is 0 Å². The summed E-state index contributed by atoms with van der Waals surface area (Å²) in [5.74, 6) is 0.568. The molecule has 20 heavy (non-hydrogen) atoms. The molecule has 0 radical (unpaired) electrons. The van der Waals surface area contributed by atoms with Gasteiger partial charge in [-0.05, 0) is 70.1 Å². The summed E-state index contributed by atoms with van der Waals surface area (Å²) in [5.41, 5.74) is 4.29. The molecule has 1 rings (SSSR count). The number of hydrogen-bond acceptors (Lipinski definition) is 3. The smallest absolute Gasteiger partial charge is 0.122 e. The van der Waals surface area contributed by atoms with Crippen LogP contribution in [0.3, 0.4) is 0 Å². The average Bonchev–Trinajstić information content (AvgIpc) is 2.43. The van der Waals surface area contributed by atoms with Crippen molar-refractivity contribution < 1.29 is 15.3 Å². The van der Waals surface area contributed by atoms with Gasteiger partial charge in [0.2, 0.25) is 0 Å². The van der Waals surface area contributed by atoms with Crippen LogP contribution in [-0.2, 0) is 6.42 Å². The maximum atomic E-state index is 10.2. The van der Waals surface area contributed by atoms with Gasteiger partial charge in [0.1, 0.15) is 11.5 Å². The summed E-state index contributed by atoms with van der Waals surface area (Å²) >= 11 is 0. The highest BCUT2D eigenvalue weighted by Gasteiger charge is 2.15. The second-order valence-electron chi connectivity index (χ2n) is 5.49. The number of aliphatic hydroxyl groups excluding tert-OH is 1. The third-order valence-corrected chi connectivity index (χ3v) is 4.00. The SMILES string of the molecule is CC(=CCc1c(C)c(O)c(C)c(C)c1O)CCCCO. The first-order chi connectivity index (χ1) is 9.40. The summed E-state index contributed by atoms with van der Waals surface area (Å²) in [6.45, 7) is 7.77. The third kappa shape index (κ3) is 3.76. The maximum absolute atomic E-state index is 10.2. The summed E-state index contributed by atoms with van der Waals surface area (Å²) < 4.78 is 0. The molecule has 0 amide bonds. The Morgan fingerprint density at radius 2 is 1.55 bits per heavy atom. The topological polar surface area (TPSA) is 60.7 Å². The van der Waals surface area contributed by atoms with E-state index in [4.69, 9.17) is 5.11 Å². The van der Waals surface area contributed by atoms with Gasteiger partial charge < -0.3 is 15.3 Å². The van der Waals surface area contributed by atoms with Crippen LogP contribution in [0.1, 0.15) is 48.4 Å². The molecule has 3 nitrogen and oxygen atoms in total. The van der Waals surface area contributed by atoms with Crippen LogP contribution in [0.4, 0.5) is 0 Å². The summed E-state index contributed by atoms with van der Waals surface area (Å²) in [6, 6.07) is 0. The zero-order valence-electron chi connectivity index (χ0n) is 13.0. The number of rotatable bonds is 6. The lowest BCUT2D eigenvalue weighted by Crippen LogP contribution is -1.96. The van der Waals surface area contributed by atoms with E-state index in [-0.39, 0.29) is 18.1 Å². The van der Waals surface area contributed by atoms with Crippen LogP contribution >= 0.6 is 0 Å². The van der Waals surface area contributed by atoms with Crippen LogP contribution in [-0.4, -0.2) is 21.9 Å². The van der Waals surface area contributed by atoms with E-state index in [1.165, 1.54) is 5.57 Å². The number of phenols is 2. The van der Waals surface area contributed by atoms with Crippen molar-refractivity contribution in [1.82, 2.24) is 0 Å². The van der Waals surface area contributed by atoms with Gasteiger partial charge in [-0.25, -0.2) is 0 Å². The minimum absolute atomic E-state index is 0.234. The van der Waals surface area contributed by atoms with Crippen LogP contribution in [0.25, 0.3) is 0 Å². The average molecular weight is 278 g/mol. The number of allylic oxidation sites excluding steroid dienone is 2. The minimum Gasteiger partial charge on any atom is -0.507 e. The van der Waals surface area contributed by atoms with Gasteiger partial charge in [0.05, 0.1) is 0 Å². The second-order valence-corrected chi connectivity index (χ2v) is 5.49. The third-order valence-electron chi connectivity index (χ3n) is 4.00. The van der Waals surface area contributed by atoms with E-state index in [2.05, 4.69) is 13.0 Å². The fourth-order valence-electron chi connectivity index (χ4n) is 2.33. The van der Waals surface area contributed by atoms with E-state index in [1.54, 1.807) is 0 Å². The molecular formula is C17H26O3. The quantitative estimate of drug-likeness (QED) is 0.422. The molecule has 0 saturated heterocycles. The van der Waals surface area contributed by atoms with E-state index in [0.717, 1.165) is 41.5 Å². The van der Waals surface area contributed by atoms with Crippen molar-refractivity contribution in [3.63, 3.8) is 0 Å². The monoisotopic (exact) mass is 278 g/mol. The summed E-state index contributed by atoms with van der Waals surface area (Å²) in [5, 5.41) is 29.1. The number of phenolic OH excluding ortho intramolecular Hbond substituents is 2. The lowest BCUT2D eigenvalue weighted by molar-refractivity contribution is 0.284. The van der Waals surface area contributed by atoms with E-state index < -0.39 is 0 Å². The van der Waals surface area contributed by atoms with Crippen molar-refractivity contribution in [3.05, 3.63) is 33.9 Å². The molecule has 0 unspecified atom stereocenters. The molecule has 0 bridgehead atoms. The van der Waals surface area contributed by atoms with Crippen LogP contribution < -0.4 is 0 Å². The van der Waals surface area contributed by atoms with Crippen molar-refractivity contribution in [3.8, 4) is 11.5 Å². The Kier molecular flexibility index (Phi) is 6.08. The van der Waals surface area contributed by atoms with E-state index >= 15 is 0 Å². The lowest BCUT2D eigenvalue weighted by atomic mass is 9.94. The van der Waals surface area contributed by atoms with Gasteiger partial charge in [-0.3, -0.25) is 0 Å². The van der Waals surface area contributed by atoms with Crippen LogP contribution in [0.15, 0.2) is 11.6 Å². The molecule has 0 spiro atoms. The minimum atomic E-state index is 0.234. The van der Waals surface area contributed by atoms with Gasteiger partial charge in [0.25, 0.3) is 0 Å². The summed E-state index contributed by atoms with van der Waals surface area (Å²) in [4.78, 5) is 0. The molecular weight excluding hydrogens is 252 g/mol. The van der Waals surface area contributed by atoms with E-state index in [1.807, 2.05) is 20.8 Å². The predicted octanol–water partition coefficient (Wildman–Crippen LogP) is 3.67. The van der Waals surface area contributed by atoms with E-state index in [9.17, 15) is 10.2 Å². The molecule has 0 aromatic heterocycles. The molecule has 0 aliphatic heterocycles. The molecule has 0 saturated carbocycles. The highest BCUT2D eigenvalue weighted by Crippen LogP contribution is 2.36. The Morgan fingerprint density at radius 1 is 0.950 bits per heavy atom. The van der Waals surface area contributed by atoms with Crippen LogP contribution in [0, 0.1) is 20.8 Å². The zero-order chi connectivity index (χ0) is 15.3. The highest BCUT2D eigenvalue weighted by atomic mass is 16.3. The highest BCUT2D eigenvalue weighted by molar-refractivity contribution is 5.57. The molecule has 0 aliphatic carbocycles. The fourth-order valence-corrected chi connectivity index (χ4v) is 2.33. The molecule has 3 N–H and O–H groups in total. The van der Waals surface area contributed by atoms with Crippen molar-refractivity contribution in [2.75, 3.05) is 6.61 Å². The first-order valence-electron chi connectivity index (χ1n) is 7.17. The normalized spacial score (nSPS) is 11.9. The van der Waals surface area contributed by atoms with Gasteiger partial charge in [-0.1, -0.05) is 11.6 Å². The molecule has 0 atom stereocenters.